The first-order valence-electron chi connectivity index (χ1n) is 10.7. The second-order valence-electron chi connectivity index (χ2n) is 9.50. The summed E-state index contributed by atoms with van der Waals surface area (Å²) in [4.78, 5) is 42.5. The minimum absolute atomic E-state index is 0.0100. The van der Waals surface area contributed by atoms with Gasteiger partial charge in [-0.05, 0) is 38.2 Å². The summed E-state index contributed by atoms with van der Waals surface area (Å²) >= 11 is 0. The molecule has 4 rings (SSSR count). The number of primary amides is 1. The number of anilines is 1. The van der Waals surface area contributed by atoms with Crippen LogP contribution < -0.4 is 10.6 Å². The van der Waals surface area contributed by atoms with Crippen LogP contribution >= 0.6 is 9.24 Å². The highest BCUT2D eigenvalue weighted by atomic mass is 31.0. The van der Waals surface area contributed by atoms with Crippen molar-refractivity contribution in [3.05, 3.63) is 45.9 Å². The first-order valence-corrected chi connectivity index (χ1v) is 11.3. The maximum atomic E-state index is 13.6. The molecular formula is C23H28N3O7P. The molecule has 0 spiro atoms. The highest BCUT2D eigenvalue weighted by Crippen LogP contribution is 2.56. The van der Waals surface area contributed by atoms with Gasteiger partial charge >= 0.3 is 0 Å². The maximum absolute atomic E-state index is 13.6. The second-order valence-corrected chi connectivity index (χ2v) is 10.4. The smallest absolute Gasteiger partial charge is 0.255 e. The van der Waals surface area contributed by atoms with E-state index in [-0.39, 0.29) is 23.3 Å². The van der Waals surface area contributed by atoms with E-state index in [0.717, 1.165) is 0 Å². The zero-order valence-corrected chi connectivity index (χ0v) is 20.4. The van der Waals surface area contributed by atoms with Crippen LogP contribution in [0.5, 0.6) is 5.75 Å². The number of ketones is 2. The molecule has 0 aromatic heterocycles. The van der Waals surface area contributed by atoms with Gasteiger partial charge in [0.2, 0.25) is 0 Å². The lowest BCUT2D eigenvalue weighted by molar-refractivity contribution is -0.128. The van der Waals surface area contributed by atoms with Crippen molar-refractivity contribution in [1.29, 1.82) is 0 Å². The molecule has 182 valence electrons. The van der Waals surface area contributed by atoms with Gasteiger partial charge < -0.3 is 31.1 Å². The fraction of sp³-hybridized carbons (Fsp3) is 0.435. The third-order valence-electron chi connectivity index (χ3n) is 7.25. The Morgan fingerprint density at radius 1 is 1.15 bits per heavy atom. The standard InChI is InChI=1S/C23H28N3O7P/c1-25(2)10-5-6-11(27)12-8(10)7-9-13(18(12)29)20(31)23(34)15(17(9)28)16(26(3)4)19(30)14(21(23)32)22(24)33/h5-6,9,15-17,27-28,30-31H,7,34H2,1-4H3,(H2,24,33)/t9-,15-,16+,17+,23+/m1/s1. The molecule has 0 aliphatic heterocycles. The molecule has 0 saturated carbocycles. The van der Waals surface area contributed by atoms with Crippen LogP contribution in [-0.4, -0.2) is 88.3 Å². The number of amides is 1. The van der Waals surface area contributed by atoms with Crippen LogP contribution in [0.2, 0.25) is 0 Å². The van der Waals surface area contributed by atoms with Crippen molar-refractivity contribution in [1.82, 2.24) is 4.90 Å². The average molecular weight is 489 g/mol. The number of phenols is 1. The molecule has 1 amide bonds. The molecular weight excluding hydrogens is 461 g/mol. The number of Topliss-reactive ketones (excluding diaryl/α,β-unsaturated/α-hetero) is 2. The summed E-state index contributed by atoms with van der Waals surface area (Å²) < 4.78 is 0. The highest BCUT2D eigenvalue weighted by Gasteiger charge is 2.65. The number of fused-ring (bicyclic) bond motifs is 3. The molecule has 1 aromatic carbocycles. The van der Waals surface area contributed by atoms with Crippen LogP contribution in [0.4, 0.5) is 5.69 Å². The second kappa shape index (κ2) is 7.80. The Kier molecular flexibility index (Phi) is 5.55. The summed E-state index contributed by atoms with van der Waals surface area (Å²) in [5, 5.41) is 42.4. The molecule has 0 heterocycles. The number of hydrogen-bond acceptors (Lipinski definition) is 9. The molecule has 0 fully saturated rings. The molecule has 0 radical (unpaired) electrons. The molecule has 6 atom stereocenters. The molecule has 10 nitrogen and oxygen atoms in total. The zero-order chi connectivity index (χ0) is 25.4. The van der Waals surface area contributed by atoms with Gasteiger partial charge in [0.25, 0.3) is 5.91 Å². The van der Waals surface area contributed by atoms with Gasteiger partial charge in [-0.15, -0.1) is 9.24 Å². The number of carbonyl (C=O) groups is 3. The number of aromatic hydroxyl groups is 1. The van der Waals surface area contributed by atoms with Crippen molar-refractivity contribution in [2.75, 3.05) is 33.1 Å². The van der Waals surface area contributed by atoms with E-state index in [1.165, 1.54) is 11.0 Å². The lowest BCUT2D eigenvalue weighted by atomic mass is 9.58. The number of aliphatic hydroxyl groups excluding tert-OH is 3. The number of nitrogens with two attached hydrogens (primary N) is 1. The van der Waals surface area contributed by atoms with Gasteiger partial charge in [0.1, 0.15) is 28.0 Å². The van der Waals surface area contributed by atoms with Gasteiger partial charge in [-0.1, -0.05) is 0 Å². The van der Waals surface area contributed by atoms with Gasteiger partial charge in [0.05, 0.1) is 17.7 Å². The number of benzene rings is 1. The van der Waals surface area contributed by atoms with Crippen molar-refractivity contribution in [2.45, 2.75) is 23.7 Å². The van der Waals surface area contributed by atoms with Crippen molar-refractivity contribution < 1.29 is 34.8 Å². The molecule has 3 aliphatic carbocycles. The van der Waals surface area contributed by atoms with E-state index in [1.807, 2.05) is 0 Å². The van der Waals surface area contributed by atoms with Crippen LogP contribution in [0.3, 0.4) is 0 Å². The number of rotatable bonds is 3. The van der Waals surface area contributed by atoms with Crippen molar-refractivity contribution in [2.24, 2.45) is 17.6 Å². The third-order valence-corrected chi connectivity index (χ3v) is 8.17. The van der Waals surface area contributed by atoms with Gasteiger partial charge in [0.15, 0.2) is 11.6 Å². The zero-order valence-electron chi connectivity index (χ0n) is 19.2. The summed E-state index contributed by atoms with van der Waals surface area (Å²) in [6.07, 6.45) is -1.27. The molecule has 0 saturated heterocycles. The van der Waals surface area contributed by atoms with E-state index in [2.05, 4.69) is 9.24 Å². The normalized spacial score (nSPS) is 30.8. The lowest BCUT2D eigenvalue weighted by Gasteiger charge is -2.53. The van der Waals surface area contributed by atoms with Gasteiger partial charge in [-0.3, -0.25) is 19.3 Å². The van der Waals surface area contributed by atoms with Crippen molar-refractivity contribution in [3.8, 4) is 5.75 Å². The summed E-state index contributed by atoms with van der Waals surface area (Å²) in [5.74, 6) is -6.42. The largest absolute Gasteiger partial charge is 0.510 e. The Morgan fingerprint density at radius 3 is 2.29 bits per heavy atom. The first kappa shape index (κ1) is 24.2. The summed E-state index contributed by atoms with van der Waals surface area (Å²) in [7, 11) is 8.93. The number of hydrogen-bond donors (Lipinski definition) is 5. The number of phenolic OH excluding ortho intramolecular Hbond substituents is 1. The Morgan fingerprint density at radius 2 is 1.76 bits per heavy atom. The Hall–Kier alpha value is -2.94. The molecule has 0 bridgehead atoms. The Labute approximate surface area is 198 Å². The van der Waals surface area contributed by atoms with E-state index in [9.17, 15) is 34.8 Å². The predicted octanol–water partition coefficient (Wildman–Crippen LogP) is 0.0402. The molecule has 34 heavy (non-hydrogen) atoms. The van der Waals surface area contributed by atoms with Gasteiger partial charge in [0, 0.05) is 37.2 Å². The van der Waals surface area contributed by atoms with Crippen LogP contribution in [0.15, 0.2) is 34.8 Å². The number of allylic oxidation sites excluding steroid dienone is 1. The van der Waals surface area contributed by atoms with Gasteiger partial charge in [-0.2, -0.15) is 0 Å². The summed E-state index contributed by atoms with van der Waals surface area (Å²) in [5.41, 5.74) is 5.66. The summed E-state index contributed by atoms with van der Waals surface area (Å²) in [6, 6.07) is 1.99. The SMILES string of the molecule is CN(C)c1ccc(O)c2c1C[C@@H]1C(=C(O)[C@]3(P)C(=O)C(C(N)=O)=C(O)[C@@H](N(C)C)[C@@H]3[C@H]1O)C2=O. The van der Waals surface area contributed by atoms with Crippen molar-refractivity contribution >= 4 is 32.4 Å². The van der Waals surface area contributed by atoms with Crippen LogP contribution in [0, 0.1) is 11.8 Å². The van der Waals surface area contributed by atoms with E-state index in [1.54, 1.807) is 39.2 Å². The number of aliphatic hydroxyl groups is 3. The highest BCUT2D eigenvalue weighted by molar-refractivity contribution is 7.22. The Bertz CT molecular complexity index is 1210. The quantitative estimate of drug-likeness (QED) is 0.291. The predicted molar refractivity (Wildman–Crippen MR) is 127 cm³/mol. The molecule has 3 aliphatic rings. The van der Waals surface area contributed by atoms with Gasteiger partial charge in [-0.25, -0.2) is 0 Å². The maximum Gasteiger partial charge on any atom is 0.255 e. The number of carbonyl (C=O) groups excluding carboxylic acids is 3. The molecule has 6 N–H and O–H groups in total. The fourth-order valence-corrected chi connectivity index (χ4v) is 6.42. The third kappa shape index (κ3) is 2.95. The first-order chi connectivity index (χ1) is 15.8. The van der Waals surface area contributed by atoms with E-state index < -0.39 is 63.7 Å². The molecule has 1 unspecified atom stereocenters. The lowest BCUT2D eigenvalue weighted by Crippen LogP contribution is -2.65. The van der Waals surface area contributed by atoms with Crippen LogP contribution in [0.1, 0.15) is 15.9 Å². The van der Waals surface area contributed by atoms with E-state index in [0.29, 0.717) is 11.3 Å². The number of nitrogens with zero attached hydrogens (tertiary/aromatic N) is 2. The fourth-order valence-electron chi connectivity index (χ4n) is 5.74. The minimum Gasteiger partial charge on any atom is -0.510 e. The van der Waals surface area contributed by atoms with Crippen molar-refractivity contribution in [3.63, 3.8) is 0 Å². The van der Waals surface area contributed by atoms with Crippen LogP contribution in [0.25, 0.3) is 0 Å². The van der Waals surface area contributed by atoms with E-state index in [4.69, 9.17) is 5.73 Å². The monoisotopic (exact) mass is 489 g/mol. The topological polar surface area (TPSA) is 165 Å². The number of likely N-dealkylation sites (N-methyl/N-ethyl adjacent to an activating group) is 1. The Balaban J connectivity index is 2.03. The average Bonchev–Trinajstić information content (AvgIpc) is 2.73. The summed E-state index contributed by atoms with van der Waals surface area (Å²) in [6.45, 7) is 0. The molecule has 11 heteroatoms. The molecule has 1 aromatic rings. The van der Waals surface area contributed by atoms with E-state index >= 15 is 0 Å². The minimum atomic E-state index is -1.99. The van der Waals surface area contributed by atoms with Crippen LogP contribution in [-0.2, 0) is 16.0 Å².